The Morgan fingerprint density at radius 2 is 2.14 bits per heavy atom. The monoisotopic (exact) mass is 97.1 g/mol. The van der Waals surface area contributed by atoms with Crippen LogP contribution in [0.5, 0.6) is 0 Å². The Bertz CT molecular complexity index is 88.4. The Morgan fingerprint density at radius 3 is 2.29 bits per heavy atom. The van der Waals surface area contributed by atoms with Crippen molar-refractivity contribution in [3.8, 4) is 0 Å². The molecule has 0 saturated carbocycles. The zero-order valence-corrected chi connectivity index (χ0v) is 4.89. The van der Waals surface area contributed by atoms with Crippen molar-refractivity contribution >= 4 is 0 Å². The summed E-state index contributed by atoms with van der Waals surface area (Å²) in [5, 5.41) is 0. The van der Waals surface area contributed by atoms with Gasteiger partial charge in [0.1, 0.15) is 0 Å². The second-order valence-electron chi connectivity index (χ2n) is 2.86. The number of fused-ring (bicyclic) bond motifs is 1. The molecular weight excluding hydrogens is 86.1 g/mol. The first kappa shape index (κ1) is 3.90. The third-order valence-electron chi connectivity index (χ3n) is 2.58. The van der Waals surface area contributed by atoms with Gasteiger partial charge in [-0.15, -0.1) is 0 Å². The molecule has 0 radical (unpaired) electrons. The van der Waals surface area contributed by atoms with Gasteiger partial charge >= 0.3 is 0 Å². The van der Waals surface area contributed by atoms with Gasteiger partial charge in [0, 0.05) is 18.6 Å². The molecule has 0 spiro atoms. The van der Waals surface area contributed by atoms with Crippen molar-refractivity contribution in [1.82, 2.24) is 4.90 Å². The highest BCUT2D eigenvalue weighted by molar-refractivity contribution is 5.09. The van der Waals surface area contributed by atoms with E-state index >= 15 is 0 Å². The molecule has 7 heavy (non-hydrogen) atoms. The van der Waals surface area contributed by atoms with Gasteiger partial charge in [-0.25, -0.2) is 0 Å². The molecule has 1 heteroatoms. The van der Waals surface area contributed by atoms with E-state index in [1.807, 2.05) is 0 Å². The Labute approximate surface area is 44.3 Å². The van der Waals surface area contributed by atoms with Crippen molar-refractivity contribution < 1.29 is 0 Å². The molecule has 0 amide bonds. The van der Waals surface area contributed by atoms with Crippen LogP contribution in [-0.2, 0) is 0 Å². The van der Waals surface area contributed by atoms with Gasteiger partial charge < -0.3 is 0 Å². The maximum atomic E-state index is 2.53. The van der Waals surface area contributed by atoms with Crippen LogP contribution in [0.25, 0.3) is 0 Å². The van der Waals surface area contributed by atoms with E-state index in [0.717, 1.165) is 18.0 Å². The third-order valence-corrected chi connectivity index (χ3v) is 2.58. The predicted molar refractivity (Wildman–Crippen MR) is 29.1 cm³/mol. The summed E-state index contributed by atoms with van der Waals surface area (Å²) in [6, 6.07) is 1.92. The van der Waals surface area contributed by atoms with E-state index in [2.05, 4.69) is 18.7 Å². The fourth-order valence-electron chi connectivity index (χ4n) is 1.63. The van der Waals surface area contributed by atoms with Gasteiger partial charge in [-0.05, 0) is 12.8 Å². The molecule has 1 unspecified atom stereocenters. The summed E-state index contributed by atoms with van der Waals surface area (Å²) in [5.41, 5.74) is 0. The minimum Gasteiger partial charge on any atom is -0.294 e. The summed E-state index contributed by atoms with van der Waals surface area (Å²) in [6.07, 6.45) is 0. The number of hydrogen-bond acceptors (Lipinski definition) is 1. The van der Waals surface area contributed by atoms with E-state index in [9.17, 15) is 0 Å². The minimum absolute atomic E-state index is 0.907. The van der Waals surface area contributed by atoms with Gasteiger partial charge in [0.25, 0.3) is 0 Å². The first-order chi connectivity index (χ1) is 3.30. The lowest BCUT2D eigenvalue weighted by atomic mass is 9.94. The van der Waals surface area contributed by atoms with Crippen LogP contribution >= 0.6 is 0 Å². The summed E-state index contributed by atoms with van der Waals surface area (Å²) in [6.45, 7) is 6.05. The molecule has 2 fully saturated rings. The normalized spacial score (nSPS) is 66.0. The molecule has 2 saturated heterocycles. The standard InChI is InChI=1S/C6H11N/c1-4-5(2)7-3-6(4)7/h4-6H,3H2,1-2H3/t4-,5+,6-,7?/m0/s1. The van der Waals surface area contributed by atoms with E-state index in [1.165, 1.54) is 6.54 Å². The molecule has 2 heterocycles. The summed E-state index contributed by atoms with van der Waals surface area (Å²) >= 11 is 0. The molecule has 1 nitrogen and oxygen atoms in total. The Balaban J connectivity index is 2.09. The van der Waals surface area contributed by atoms with Gasteiger partial charge in [-0.1, -0.05) is 6.92 Å². The molecule has 0 aromatic rings. The van der Waals surface area contributed by atoms with Crippen molar-refractivity contribution in [3.05, 3.63) is 0 Å². The van der Waals surface area contributed by atoms with Crippen LogP contribution in [0, 0.1) is 5.92 Å². The second kappa shape index (κ2) is 0.873. The van der Waals surface area contributed by atoms with Crippen LogP contribution in [0.15, 0.2) is 0 Å². The van der Waals surface area contributed by atoms with E-state index in [4.69, 9.17) is 0 Å². The minimum atomic E-state index is 0.907. The van der Waals surface area contributed by atoms with Gasteiger partial charge in [0.05, 0.1) is 0 Å². The van der Waals surface area contributed by atoms with Crippen molar-refractivity contribution in [2.45, 2.75) is 25.9 Å². The molecule has 4 atom stereocenters. The number of hydrogen-bond donors (Lipinski definition) is 0. The molecule has 0 aromatic carbocycles. The van der Waals surface area contributed by atoms with E-state index < -0.39 is 0 Å². The maximum Gasteiger partial charge on any atom is 0.0267 e. The molecule has 0 bridgehead atoms. The van der Waals surface area contributed by atoms with Crippen LogP contribution < -0.4 is 0 Å². The van der Waals surface area contributed by atoms with E-state index in [0.29, 0.717) is 0 Å². The summed E-state index contributed by atoms with van der Waals surface area (Å²) < 4.78 is 0. The molecule has 0 N–H and O–H groups in total. The first-order valence-electron chi connectivity index (χ1n) is 3.06. The van der Waals surface area contributed by atoms with Crippen molar-refractivity contribution in [3.63, 3.8) is 0 Å². The summed E-state index contributed by atoms with van der Waals surface area (Å²) in [7, 11) is 0. The van der Waals surface area contributed by atoms with E-state index in [1.54, 1.807) is 0 Å². The lowest BCUT2D eigenvalue weighted by molar-refractivity contribution is 0.177. The fourth-order valence-corrected chi connectivity index (χ4v) is 1.63. The summed E-state index contributed by atoms with van der Waals surface area (Å²) in [5.74, 6) is 1.000. The number of rotatable bonds is 0. The zero-order valence-electron chi connectivity index (χ0n) is 4.89. The second-order valence-corrected chi connectivity index (χ2v) is 2.86. The Hall–Kier alpha value is -0.0400. The SMILES string of the molecule is C[C@H]1[C@@H](C)N2C[C@@H]12. The van der Waals surface area contributed by atoms with Gasteiger partial charge in [0.15, 0.2) is 0 Å². The molecule has 2 aliphatic rings. The van der Waals surface area contributed by atoms with Crippen LogP contribution in [-0.4, -0.2) is 23.5 Å². The number of nitrogens with zero attached hydrogens (tertiary/aromatic N) is 1. The van der Waals surface area contributed by atoms with Gasteiger partial charge in [-0.3, -0.25) is 4.90 Å². The topological polar surface area (TPSA) is 3.01 Å². The average molecular weight is 97.2 g/mol. The highest BCUT2D eigenvalue weighted by Gasteiger charge is 2.54. The molecule has 0 aromatic heterocycles. The van der Waals surface area contributed by atoms with Gasteiger partial charge in [0.2, 0.25) is 0 Å². The Kier molecular flexibility index (Phi) is 0.487. The average Bonchev–Trinajstić information content (AvgIpc) is 2.39. The zero-order chi connectivity index (χ0) is 5.02. The van der Waals surface area contributed by atoms with Crippen molar-refractivity contribution in [2.75, 3.05) is 6.54 Å². The van der Waals surface area contributed by atoms with Crippen LogP contribution in [0.1, 0.15) is 13.8 Å². The lowest BCUT2D eigenvalue weighted by Gasteiger charge is -2.31. The van der Waals surface area contributed by atoms with Crippen molar-refractivity contribution in [2.24, 2.45) is 5.92 Å². The lowest BCUT2D eigenvalue weighted by Crippen LogP contribution is -2.39. The summed E-state index contributed by atoms with van der Waals surface area (Å²) in [4.78, 5) is 2.53. The molecule has 2 aliphatic heterocycles. The maximum absolute atomic E-state index is 2.53. The van der Waals surface area contributed by atoms with Gasteiger partial charge in [-0.2, -0.15) is 0 Å². The first-order valence-corrected chi connectivity index (χ1v) is 3.06. The van der Waals surface area contributed by atoms with Crippen LogP contribution in [0.3, 0.4) is 0 Å². The quantitative estimate of drug-likeness (QED) is 0.402. The highest BCUT2D eigenvalue weighted by atomic mass is 15.4. The molecular formula is C6H11N. The predicted octanol–water partition coefficient (Wildman–Crippen LogP) is 0.709. The molecule has 40 valence electrons. The van der Waals surface area contributed by atoms with Crippen molar-refractivity contribution in [1.29, 1.82) is 0 Å². The molecule has 2 rings (SSSR count). The van der Waals surface area contributed by atoms with Crippen LogP contribution in [0.2, 0.25) is 0 Å². The fraction of sp³-hybridized carbons (Fsp3) is 1.00. The largest absolute Gasteiger partial charge is 0.294 e. The third kappa shape index (κ3) is 0.290. The Morgan fingerprint density at radius 1 is 1.43 bits per heavy atom. The molecule has 0 aliphatic carbocycles. The smallest absolute Gasteiger partial charge is 0.0267 e. The highest BCUT2D eigenvalue weighted by Crippen LogP contribution is 2.43. The van der Waals surface area contributed by atoms with Crippen LogP contribution in [0.4, 0.5) is 0 Å². The van der Waals surface area contributed by atoms with E-state index in [-0.39, 0.29) is 0 Å².